The molecule has 0 atom stereocenters. The fraction of sp³-hybridized carbons (Fsp3) is 0.143. The number of amides is 1. The van der Waals surface area contributed by atoms with Gasteiger partial charge in [0.05, 0.1) is 17.0 Å². The van der Waals surface area contributed by atoms with Crippen LogP contribution in [-0.2, 0) is 11.3 Å². The van der Waals surface area contributed by atoms with Gasteiger partial charge in [-0.25, -0.2) is 5.43 Å². The molecule has 1 N–H and O–H groups in total. The average Bonchev–Trinajstić information content (AvgIpc) is 3.10. The number of nitrogens with zero attached hydrogens (tertiary/aromatic N) is 4. The Bertz CT molecular complexity index is 1130. The Morgan fingerprint density at radius 3 is 2.68 bits per heavy atom. The summed E-state index contributed by atoms with van der Waals surface area (Å²) in [7, 11) is 0. The number of carbonyl (C=O) groups excluding carboxylic acids is 1. The Labute approximate surface area is 202 Å². The number of carbonyl (C=O) groups is 1. The SMILES string of the molecule is C=C(C)Cn1c(SCC(=O)NN=Cc2ccc(Cl)cc2Cl)nnc1-c1ccc(Br)cc1. The zero-order valence-corrected chi connectivity index (χ0v) is 20.4. The Balaban J connectivity index is 1.66. The van der Waals surface area contributed by atoms with Gasteiger partial charge in [0.25, 0.3) is 5.91 Å². The zero-order chi connectivity index (χ0) is 22.4. The minimum Gasteiger partial charge on any atom is -0.298 e. The van der Waals surface area contributed by atoms with Crippen molar-refractivity contribution in [2.75, 3.05) is 5.75 Å². The summed E-state index contributed by atoms with van der Waals surface area (Å²) in [6.45, 7) is 6.47. The van der Waals surface area contributed by atoms with E-state index in [4.69, 9.17) is 23.2 Å². The van der Waals surface area contributed by atoms with E-state index in [1.165, 1.54) is 18.0 Å². The van der Waals surface area contributed by atoms with Gasteiger partial charge in [0.15, 0.2) is 11.0 Å². The van der Waals surface area contributed by atoms with Crippen molar-refractivity contribution in [3.63, 3.8) is 0 Å². The lowest BCUT2D eigenvalue weighted by Crippen LogP contribution is -2.20. The average molecular weight is 539 g/mol. The second-order valence-corrected chi connectivity index (χ2v) is 9.31. The van der Waals surface area contributed by atoms with Crippen LogP contribution in [0.3, 0.4) is 0 Å². The molecule has 0 saturated heterocycles. The van der Waals surface area contributed by atoms with Crippen molar-refractivity contribution in [1.29, 1.82) is 0 Å². The minimum atomic E-state index is -0.276. The molecular weight excluding hydrogens is 521 g/mol. The van der Waals surface area contributed by atoms with Gasteiger partial charge in [0, 0.05) is 27.2 Å². The molecule has 0 saturated carbocycles. The molecule has 1 aromatic heterocycles. The van der Waals surface area contributed by atoms with Crippen molar-refractivity contribution < 1.29 is 4.79 Å². The van der Waals surface area contributed by atoms with E-state index in [0.717, 1.165) is 15.6 Å². The van der Waals surface area contributed by atoms with E-state index >= 15 is 0 Å². The predicted molar refractivity (Wildman–Crippen MR) is 131 cm³/mol. The van der Waals surface area contributed by atoms with Crippen LogP contribution in [0.4, 0.5) is 0 Å². The van der Waals surface area contributed by atoms with Crippen LogP contribution < -0.4 is 5.43 Å². The zero-order valence-electron chi connectivity index (χ0n) is 16.5. The number of benzene rings is 2. The molecule has 160 valence electrons. The molecule has 0 unspecified atom stereocenters. The van der Waals surface area contributed by atoms with Crippen LogP contribution in [0.5, 0.6) is 0 Å². The molecule has 0 aliphatic heterocycles. The minimum absolute atomic E-state index is 0.125. The fourth-order valence-electron chi connectivity index (χ4n) is 2.56. The monoisotopic (exact) mass is 537 g/mol. The number of hydrogen-bond donors (Lipinski definition) is 1. The van der Waals surface area contributed by atoms with Crippen LogP contribution in [0.25, 0.3) is 11.4 Å². The molecule has 2 aromatic carbocycles. The number of rotatable bonds is 8. The molecule has 31 heavy (non-hydrogen) atoms. The molecule has 3 aromatic rings. The molecule has 1 amide bonds. The molecule has 6 nitrogen and oxygen atoms in total. The maximum absolute atomic E-state index is 12.2. The van der Waals surface area contributed by atoms with Gasteiger partial charge in [0.1, 0.15) is 0 Å². The van der Waals surface area contributed by atoms with E-state index in [-0.39, 0.29) is 11.7 Å². The van der Waals surface area contributed by atoms with Gasteiger partial charge in [-0.3, -0.25) is 9.36 Å². The second kappa shape index (κ2) is 10.9. The number of nitrogens with one attached hydrogen (secondary N) is 1. The largest absolute Gasteiger partial charge is 0.298 e. The van der Waals surface area contributed by atoms with Crippen molar-refractivity contribution in [2.24, 2.45) is 5.10 Å². The van der Waals surface area contributed by atoms with Crippen LogP contribution in [0.1, 0.15) is 12.5 Å². The highest BCUT2D eigenvalue weighted by Gasteiger charge is 2.15. The normalized spacial score (nSPS) is 11.1. The summed E-state index contributed by atoms with van der Waals surface area (Å²) >= 11 is 16.7. The lowest BCUT2D eigenvalue weighted by molar-refractivity contribution is -0.118. The highest BCUT2D eigenvalue weighted by molar-refractivity contribution is 9.10. The molecule has 0 spiro atoms. The number of thioether (sulfide) groups is 1. The van der Waals surface area contributed by atoms with Gasteiger partial charge in [0.2, 0.25) is 0 Å². The van der Waals surface area contributed by atoms with Crippen LogP contribution in [0, 0.1) is 0 Å². The Hall–Kier alpha value is -2.13. The molecule has 3 rings (SSSR count). The summed E-state index contributed by atoms with van der Waals surface area (Å²) in [5.41, 5.74) is 5.02. The van der Waals surface area contributed by atoms with E-state index in [0.29, 0.717) is 33.1 Å². The summed E-state index contributed by atoms with van der Waals surface area (Å²) in [6, 6.07) is 12.8. The van der Waals surface area contributed by atoms with Crippen LogP contribution in [0.2, 0.25) is 10.0 Å². The third-order valence-electron chi connectivity index (χ3n) is 3.94. The summed E-state index contributed by atoms with van der Waals surface area (Å²) in [4.78, 5) is 12.2. The van der Waals surface area contributed by atoms with E-state index in [1.807, 2.05) is 35.8 Å². The maximum atomic E-state index is 12.2. The second-order valence-electron chi connectivity index (χ2n) is 6.60. The summed E-state index contributed by atoms with van der Waals surface area (Å²) in [6.07, 6.45) is 1.47. The predicted octanol–water partition coefficient (Wildman–Crippen LogP) is 5.83. The molecule has 1 heterocycles. The molecule has 0 radical (unpaired) electrons. The summed E-state index contributed by atoms with van der Waals surface area (Å²) in [5.74, 6) is 0.565. The lowest BCUT2D eigenvalue weighted by Gasteiger charge is -2.10. The number of hydrazone groups is 1. The molecule has 0 aliphatic rings. The molecule has 0 bridgehead atoms. The quantitative estimate of drug-likeness (QED) is 0.169. The summed E-state index contributed by atoms with van der Waals surface area (Å²) in [5, 5.41) is 14.1. The van der Waals surface area contributed by atoms with Gasteiger partial charge in [-0.15, -0.1) is 10.2 Å². The van der Waals surface area contributed by atoms with E-state index in [2.05, 4.69) is 43.2 Å². The van der Waals surface area contributed by atoms with Crippen LogP contribution >= 0.6 is 50.9 Å². The first-order valence-corrected chi connectivity index (χ1v) is 11.6. The Morgan fingerprint density at radius 2 is 2.00 bits per heavy atom. The number of hydrogen-bond acceptors (Lipinski definition) is 5. The lowest BCUT2D eigenvalue weighted by atomic mass is 10.2. The topological polar surface area (TPSA) is 72.2 Å². The standard InChI is InChI=1S/C21H18BrCl2N5OS/c1-13(2)11-29-20(14-3-6-16(22)7-4-14)27-28-21(29)31-12-19(30)26-25-10-15-5-8-17(23)9-18(15)24/h3-10H,1,11-12H2,2H3,(H,26,30). The van der Waals surface area contributed by atoms with E-state index in [9.17, 15) is 4.79 Å². The smallest absolute Gasteiger partial charge is 0.250 e. The van der Waals surface area contributed by atoms with Crippen molar-refractivity contribution >= 4 is 63.0 Å². The molecular formula is C21H18BrCl2N5OS. The van der Waals surface area contributed by atoms with Crippen molar-refractivity contribution in [1.82, 2.24) is 20.2 Å². The maximum Gasteiger partial charge on any atom is 0.250 e. The van der Waals surface area contributed by atoms with Crippen LogP contribution in [0.15, 0.2) is 69.3 Å². The van der Waals surface area contributed by atoms with Gasteiger partial charge in [-0.1, -0.05) is 81.2 Å². The van der Waals surface area contributed by atoms with Gasteiger partial charge < -0.3 is 0 Å². The fourth-order valence-corrected chi connectivity index (χ4v) is 4.01. The van der Waals surface area contributed by atoms with Crippen molar-refractivity contribution in [2.45, 2.75) is 18.6 Å². The first-order valence-electron chi connectivity index (χ1n) is 9.07. The van der Waals surface area contributed by atoms with Gasteiger partial charge >= 0.3 is 0 Å². The highest BCUT2D eigenvalue weighted by Crippen LogP contribution is 2.26. The number of aromatic nitrogens is 3. The first-order chi connectivity index (χ1) is 14.8. The molecule has 10 heteroatoms. The Morgan fingerprint density at radius 1 is 1.26 bits per heavy atom. The highest BCUT2D eigenvalue weighted by atomic mass is 79.9. The Kier molecular flexibility index (Phi) is 8.31. The van der Waals surface area contributed by atoms with Crippen molar-refractivity contribution in [3.8, 4) is 11.4 Å². The first kappa shape index (κ1) is 23.5. The van der Waals surface area contributed by atoms with Gasteiger partial charge in [-0.05, 0) is 31.2 Å². The summed E-state index contributed by atoms with van der Waals surface area (Å²) < 4.78 is 2.93. The van der Waals surface area contributed by atoms with E-state index in [1.54, 1.807) is 18.2 Å². The number of allylic oxidation sites excluding steroid dienone is 1. The molecule has 0 aliphatic carbocycles. The van der Waals surface area contributed by atoms with Gasteiger partial charge in [-0.2, -0.15) is 5.10 Å². The third kappa shape index (κ3) is 6.67. The third-order valence-corrected chi connectivity index (χ3v) is 5.99. The molecule has 0 fully saturated rings. The van der Waals surface area contributed by atoms with Crippen molar-refractivity contribution in [3.05, 3.63) is 74.7 Å². The van der Waals surface area contributed by atoms with E-state index < -0.39 is 0 Å². The number of halogens is 3. The van der Waals surface area contributed by atoms with Crippen LogP contribution in [-0.4, -0.2) is 32.6 Å².